The molecule has 0 N–H and O–H groups in total. The number of aliphatic imine (C=N–C) groups is 1. The molecular formula is C8H10FNO2S. The zero-order chi connectivity index (χ0) is 9.68. The molecule has 1 heterocycles. The Morgan fingerprint density at radius 1 is 1.85 bits per heavy atom. The number of esters is 1. The predicted octanol–water partition coefficient (Wildman–Crippen LogP) is 1.55. The minimum Gasteiger partial charge on any atom is -0.463 e. The highest BCUT2D eigenvalue weighted by Crippen LogP contribution is 2.19. The first kappa shape index (κ1) is 10.2. The summed E-state index contributed by atoms with van der Waals surface area (Å²) in [4.78, 5) is 14.7. The second-order valence-electron chi connectivity index (χ2n) is 2.28. The second kappa shape index (κ2) is 5.01. The van der Waals surface area contributed by atoms with Crippen LogP contribution in [0.5, 0.6) is 0 Å². The van der Waals surface area contributed by atoms with Gasteiger partial charge >= 0.3 is 5.97 Å². The summed E-state index contributed by atoms with van der Waals surface area (Å²) in [6, 6.07) is 0. The Balaban J connectivity index is 2.54. The molecule has 0 amide bonds. The van der Waals surface area contributed by atoms with E-state index in [1.165, 1.54) is 11.8 Å². The minimum absolute atomic E-state index is 0.252. The van der Waals surface area contributed by atoms with E-state index in [-0.39, 0.29) is 6.61 Å². The van der Waals surface area contributed by atoms with Crippen LogP contribution < -0.4 is 0 Å². The lowest BCUT2D eigenvalue weighted by atomic mass is 10.5. The van der Waals surface area contributed by atoms with Gasteiger partial charge in [0.05, 0.1) is 12.7 Å². The van der Waals surface area contributed by atoms with Crippen LogP contribution in [0.3, 0.4) is 0 Å². The number of rotatable bonds is 3. The number of hydrogen-bond acceptors (Lipinski definition) is 4. The van der Waals surface area contributed by atoms with Gasteiger partial charge in [-0.15, -0.1) is 11.8 Å². The third-order valence-corrected chi connectivity index (χ3v) is 2.31. The van der Waals surface area contributed by atoms with E-state index in [0.29, 0.717) is 11.6 Å². The molecule has 5 heteroatoms. The van der Waals surface area contributed by atoms with E-state index >= 15 is 0 Å². The molecule has 0 aliphatic carbocycles. The molecule has 0 aromatic carbocycles. The molecule has 0 aromatic heterocycles. The molecule has 1 rings (SSSR count). The van der Waals surface area contributed by atoms with Gasteiger partial charge < -0.3 is 4.74 Å². The van der Waals surface area contributed by atoms with Gasteiger partial charge in [0.25, 0.3) is 0 Å². The summed E-state index contributed by atoms with van der Waals surface area (Å²) in [7, 11) is 0. The first-order valence-corrected chi connectivity index (χ1v) is 4.94. The average molecular weight is 203 g/mol. The number of ether oxygens (including phenoxy) is 1. The van der Waals surface area contributed by atoms with Gasteiger partial charge in [0.2, 0.25) is 0 Å². The van der Waals surface area contributed by atoms with Gasteiger partial charge in [-0.25, -0.2) is 9.18 Å². The third-order valence-electron chi connectivity index (χ3n) is 1.32. The Bertz CT molecular complexity index is 263. The van der Waals surface area contributed by atoms with Crippen LogP contribution in [0.15, 0.2) is 16.9 Å². The fourth-order valence-corrected chi connectivity index (χ4v) is 1.58. The summed E-state index contributed by atoms with van der Waals surface area (Å²) >= 11 is 1.31. The van der Waals surface area contributed by atoms with E-state index in [1.807, 2.05) is 0 Å². The van der Waals surface area contributed by atoms with Gasteiger partial charge in [-0.05, 0) is 6.92 Å². The number of thioether (sulfide) groups is 1. The Hall–Kier alpha value is -0.840. The number of hydrogen-bond donors (Lipinski definition) is 0. The lowest BCUT2D eigenvalue weighted by Gasteiger charge is -1.96. The van der Waals surface area contributed by atoms with E-state index in [9.17, 15) is 9.18 Å². The largest absolute Gasteiger partial charge is 0.463 e. The lowest BCUT2D eigenvalue weighted by Crippen LogP contribution is -2.02. The summed E-state index contributed by atoms with van der Waals surface area (Å²) in [5.41, 5.74) is 0. The van der Waals surface area contributed by atoms with Crippen LogP contribution in [0.4, 0.5) is 4.39 Å². The number of carbonyl (C=O) groups is 1. The van der Waals surface area contributed by atoms with Crippen LogP contribution >= 0.6 is 11.8 Å². The molecule has 0 radical (unpaired) electrons. The van der Waals surface area contributed by atoms with Crippen molar-refractivity contribution in [3.05, 3.63) is 11.9 Å². The fourth-order valence-electron chi connectivity index (χ4n) is 0.829. The molecule has 72 valence electrons. The topological polar surface area (TPSA) is 38.7 Å². The van der Waals surface area contributed by atoms with Crippen molar-refractivity contribution in [2.75, 3.05) is 18.9 Å². The summed E-state index contributed by atoms with van der Waals surface area (Å²) < 4.78 is 17.6. The molecule has 1 aliphatic heterocycles. The molecule has 0 saturated heterocycles. The normalized spacial score (nSPS) is 17.1. The third kappa shape index (κ3) is 3.18. The minimum atomic E-state index is -0.657. The van der Waals surface area contributed by atoms with Crippen LogP contribution in [0.25, 0.3) is 0 Å². The summed E-state index contributed by atoms with van der Waals surface area (Å²) in [5, 5.41) is 0.299. The smallest absolute Gasteiger partial charge is 0.333 e. The molecule has 3 nitrogen and oxygen atoms in total. The summed E-state index contributed by atoms with van der Waals surface area (Å²) in [6.45, 7) is 2.54. The molecule has 0 atom stereocenters. The highest BCUT2D eigenvalue weighted by atomic mass is 32.2. The molecule has 0 spiro atoms. The average Bonchev–Trinajstić information content (AvgIpc) is 2.55. The molecule has 0 saturated carbocycles. The van der Waals surface area contributed by atoms with Crippen molar-refractivity contribution in [1.29, 1.82) is 0 Å². The Labute approximate surface area is 80.1 Å². The van der Waals surface area contributed by atoms with Gasteiger partial charge in [-0.1, -0.05) is 0 Å². The van der Waals surface area contributed by atoms with Crippen LogP contribution in [-0.2, 0) is 9.53 Å². The van der Waals surface area contributed by atoms with Crippen LogP contribution in [0, 0.1) is 0 Å². The van der Waals surface area contributed by atoms with Crippen molar-refractivity contribution in [3.63, 3.8) is 0 Å². The maximum absolute atomic E-state index is 13.1. The maximum atomic E-state index is 13.1. The predicted molar refractivity (Wildman–Crippen MR) is 50.6 cm³/mol. The summed E-state index contributed by atoms with van der Waals surface area (Å²) in [5.74, 6) is -0.476. The van der Waals surface area contributed by atoms with Crippen molar-refractivity contribution < 1.29 is 13.9 Å². The zero-order valence-electron chi connectivity index (χ0n) is 7.25. The van der Waals surface area contributed by atoms with Crippen molar-refractivity contribution in [2.24, 2.45) is 4.99 Å². The van der Waals surface area contributed by atoms with Gasteiger partial charge in [0, 0.05) is 12.3 Å². The SMILES string of the molecule is CCOC(=O)/C=C(/F)C1=NCCS1. The molecule has 0 aromatic rings. The van der Waals surface area contributed by atoms with Crippen molar-refractivity contribution in [2.45, 2.75) is 6.92 Å². The molecule has 13 heavy (non-hydrogen) atoms. The Kier molecular flexibility index (Phi) is 3.95. The number of carbonyl (C=O) groups excluding carboxylic acids is 1. The van der Waals surface area contributed by atoms with Gasteiger partial charge in [0.15, 0.2) is 5.83 Å². The van der Waals surface area contributed by atoms with Crippen LogP contribution in [-0.4, -0.2) is 29.9 Å². The van der Waals surface area contributed by atoms with Crippen LogP contribution in [0.2, 0.25) is 0 Å². The Morgan fingerprint density at radius 3 is 3.15 bits per heavy atom. The maximum Gasteiger partial charge on any atom is 0.333 e. The van der Waals surface area contributed by atoms with Gasteiger partial charge in [-0.3, -0.25) is 4.99 Å². The van der Waals surface area contributed by atoms with E-state index in [4.69, 9.17) is 0 Å². The number of nitrogens with zero attached hydrogens (tertiary/aromatic N) is 1. The monoisotopic (exact) mass is 203 g/mol. The molecule has 0 fully saturated rings. The molecule has 1 aliphatic rings. The van der Waals surface area contributed by atoms with E-state index in [2.05, 4.69) is 9.73 Å². The van der Waals surface area contributed by atoms with Crippen molar-refractivity contribution in [1.82, 2.24) is 0 Å². The first-order valence-electron chi connectivity index (χ1n) is 3.95. The molecular weight excluding hydrogens is 193 g/mol. The fraction of sp³-hybridized carbons (Fsp3) is 0.500. The van der Waals surface area contributed by atoms with Gasteiger partial charge in [0.1, 0.15) is 5.04 Å². The Morgan fingerprint density at radius 2 is 2.62 bits per heavy atom. The quantitative estimate of drug-likeness (QED) is 0.516. The van der Waals surface area contributed by atoms with Crippen molar-refractivity contribution >= 4 is 22.8 Å². The highest BCUT2D eigenvalue weighted by Gasteiger charge is 2.13. The van der Waals surface area contributed by atoms with E-state index in [0.717, 1.165) is 11.8 Å². The zero-order valence-corrected chi connectivity index (χ0v) is 8.07. The lowest BCUT2D eigenvalue weighted by molar-refractivity contribution is -0.137. The number of halogens is 1. The van der Waals surface area contributed by atoms with Crippen LogP contribution in [0.1, 0.15) is 6.92 Å². The molecule has 0 unspecified atom stereocenters. The van der Waals surface area contributed by atoms with E-state index in [1.54, 1.807) is 6.92 Å². The molecule has 0 bridgehead atoms. The van der Waals surface area contributed by atoms with E-state index < -0.39 is 11.8 Å². The highest BCUT2D eigenvalue weighted by molar-refractivity contribution is 8.14. The standard InChI is InChI=1S/C8H10FNO2S/c1-2-12-7(11)5-6(9)8-10-3-4-13-8/h5H,2-4H2,1H3/b6-5+. The first-order chi connectivity index (χ1) is 6.24. The summed E-state index contributed by atoms with van der Waals surface area (Å²) in [6.07, 6.45) is 0.834. The van der Waals surface area contributed by atoms with Gasteiger partial charge in [-0.2, -0.15) is 0 Å². The van der Waals surface area contributed by atoms with Crippen molar-refractivity contribution in [3.8, 4) is 0 Å². The second-order valence-corrected chi connectivity index (χ2v) is 3.36.